The minimum atomic E-state index is -0.318. The highest BCUT2D eigenvalue weighted by Crippen LogP contribution is 2.32. The lowest BCUT2D eigenvalue weighted by atomic mass is 10.0. The molecule has 1 saturated heterocycles. The van der Waals surface area contributed by atoms with E-state index in [1.165, 1.54) is 46.3 Å². The summed E-state index contributed by atoms with van der Waals surface area (Å²) < 4.78 is 15.3. The summed E-state index contributed by atoms with van der Waals surface area (Å²) in [5, 5.41) is 3.28. The lowest BCUT2D eigenvalue weighted by molar-refractivity contribution is -0.115. The molecule has 1 aliphatic heterocycles. The molecule has 3 aromatic rings. The van der Waals surface area contributed by atoms with Gasteiger partial charge in [-0.1, -0.05) is 17.7 Å². The van der Waals surface area contributed by atoms with E-state index in [9.17, 15) is 9.18 Å². The molecule has 158 valence electrons. The Hall–Kier alpha value is -3.12. The highest BCUT2D eigenvalue weighted by atomic mass is 32.2. The van der Waals surface area contributed by atoms with Crippen molar-refractivity contribution in [1.82, 2.24) is 9.88 Å². The van der Waals surface area contributed by atoms with Gasteiger partial charge in [0.2, 0.25) is 0 Å². The van der Waals surface area contributed by atoms with Crippen molar-refractivity contribution >= 4 is 34.6 Å². The molecule has 0 bridgehead atoms. The molecule has 1 aliphatic rings. The van der Waals surface area contributed by atoms with E-state index in [4.69, 9.17) is 0 Å². The Bertz CT molecular complexity index is 1230. The first-order valence-electron chi connectivity index (χ1n) is 10.1. The molecular weight excluding hydrogens is 409 g/mol. The molecule has 1 fully saturated rings. The lowest BCUT2D eigenvalue weighted by Crippen LogP contribution is -2.19. The molecule has 4 rings (SSSR count). The maximum atomic E-state index is 13.1. The van der Waals surface area contributed by atoms with Crippen LogP contribution in [0, 0.1) is 40.4 Å². The van der Waals surface area contributed by atoms with Crippen LogP contribution in [0.3, 0.4) is 0 Å². The summed E-state index contributed by atoms with van der Waals surface area (Å²) in [7, 11) is 0. The van der Waals surface area contributed by atoms with Crippen LogP contribution in [-0.2, 0) is 4.79 Å². The van der Waals surface area contributed by atoms with Crippen LogP contribution in [0.15, 0.2) is 52.4 Å². The number of halogens is 1. The van der Waals surface area contributed by atoms with Crippen LogP contribution < -0.4 is 5.32 Å². The average molecular weight is 434 g/mol. The molecular formula is C25H24FN3OS. The molecule has 1 N–H and O–H groups in total. The zero-order valence-corrected chi connectivity index (χ0v) is 19.0. The minimum Gasteiger partial charge on any atom is -0.317 e. The number of hydrogen-bond donors (Lipinski definition) is 1. The van der Waals surface area contributed by atoms with Gasteiger partial charge in [-0.2, -0.15) is 0 Å². The predicted molar refractivity (Wildman–Crippen MR) is 127 cm³/mol. The van der Waals surface area contributed by atoms with Crippen molar-refractivity contribution in [3.05, 3.63) is 86.8 Å². The van der Waals surface area contributed by atoms with E-state index >= 15 is 0 Å². The number of nitrogens with zero attached hydrogens (tertiary/aromatic N) is 2. The fraction of sp³-hybridized carbons (Fsp3) is 0.200. The van der Waals surface area contributed by atoms with E-state index in [2.05, 4.69) is 67.7 Å². The lowest BCUT2D eigenvalue weighted by Gasteiger charge is -2.17. The van der Waals surface area contributed by atoms with Gasteiger partial charge >= 0.3 is 0 Å². The number of carbonyl (C=O) groups is 1. The first-order valence-corrected chi connectivity index (χ1v) is 10.9. The van der Waals surface area contributed by atoms with Gasteiger partial charge in [-0.3, -0.25) is 4.79 Å². The van der Waals surface area contributed by atoms with Gasteiger partial charge in [0.05, 0.1) is 16.3 Å². The van der Waals surface area contributed by atoms with Crippen molar-refractivity contribution in [3.63, 3.8) is 0 Å². The second-order valence-electron chi connectivity index (χ2n) is 7.87. The molecule has 2 heterocycles. The largest absolute Gasteiger partial charge is 0.317 e. The van der Waals surface area contributed by atoms with Crippen LogP contribution in [0.25, 0.3) is 11.8 Å². The van der Waals surface area contributed by atoms with Crippen LogP contribution in [-0.4, -0.2) is 15.6 Å². The number of carbonyl (C=O) groups excluding carboxylic acids is 1. The summed E-state index contributed by atoms with van der Waals surface area (Å²) in [5.41, 5.74) is 8.66. The topological polar surface area (TPSA) is 46.4 Å². The first kappa shape index (κ1) is 21.1. The fourth-order valence-electron chi connectivity index (χ4n) is 4.06. The summed E-state index contributed by atoms with van der Waals surface area (Å²) in [6, 6.07) is 12.3. The zero-order valence-electron chi connectivity index (χ0n) is 18.2. The van der Waals surface area contributed by atoms with Gasteiger partial charge in [0.15, 0.2) is 5.17 Å². The monoisotopic (exact) mass is 433 g/mol. The molecule has 2 aromatic carbocycles. The number of rotatable bonds is 3. The van der Waals surface area contributed by atoms with Gasteiger partial charge in [-0.05, 0) is 99.5 Å². The van der Waals surface area contributed by atoms with Gasteiger partial charge in [-0.25, -0.2) is 9.38 Å². The highest BCUT2D eigenvalue weighted by molar-refractivity contribution is 8.18. The molecule has 0 radical (unpaired) electrons. The smallest absolute Gasteiger partial charge is 0.264 e. The number of amidine groups is 1. The summed E-state index contributed by atoms with van der Waals surface area (Å²) in [6.07, 6.45) is 1.91. The quantitative estimate of drug-likeness (QED) is 0.511. The Balaban J connectivity index is 1.68. The van der Waals surface area contributed by atoms with Crippen LogP contribution in [0.5, 0.6) is 0 Å². The average Bonchev–Trinajstić information content (AvgIpc) is 3.16. The van der Waals surface area contributed by atoms with E-state index in [1.807, 2.05) is 6.08 Å². The molecule has 0 saturated carbocycles. The van der Waals surface area contributed by atoms with Gasteiger partial charge in [-0.15, -0.1) is 0 Å². The fourth-order valence-corrected chi connectivity index (χ4v) is 4.89. The van der Waals surface area contributed by atoms with Crippen molar-refractivity contribution in [2.45, 2.75) is 34.6 Å². The molecule has 0 spiro atoms. The minimum absolute atomic E-state index is 0.182. The molecule has 1 aromatic heterocycles. The highest BCUT2D eigenvalue weighted by Gasteiger charge is 2.25. The molecule has 0 aliphatic carbocycles. The second kappa shape index (κ2) is 8.19. The first-order chi connectivity index (χ1) is 14.7. The van der Waals surface area contributed by atoms with E-state index < -0.39 is 0 Å². The number of benzene rings is 2. The van der Waals surface area contributed by atoms with Gasteiger partial charge in [0.1, 0.15) is 5.82 Å². The van der Waals surface area contributed by atoms with E-state index in [0.29, 0.717) is 15.8 Å². The predicted octanol–water partition coefficient (Wildman–Crippen LogP) is 6.05. The van der Waals surface area contributed by atoms with Crippen molar-refractivity contribution < 1.29 is 9.18 Å². The van der Waals surface area contributed by atoms with Crippen molar-refractivity contribution in [1.29, 1.82) is 0 Å². The van der Waals surface area contributed by atoms with Crippen LogP contribution in [0.1, 0.15) is 33.6 Å². The van der Waals surface area contributed by atoms with Crippen LogP contribution >= 0.6 is 11.8 Å². The standard InChI is InChI=1S/C25H24FN3OS/c1-14-10-15(2)23(16(3)11-14)29-17(4)12-19(18(29)5)13-22-24(30)28-25(31-22)27-21-8-6-20(26)7-9-21/h6-13H,1-5H3,(H,27,28,30)/b22-13+. The van der Waals surface area contributed by atoms with Crippen molar-refractivity contribution in [3.8, 4) is 5.69 Å². The molecule has 4 nitrogen and oxygen atoms in total. The molecule has 6 heteroatoms. The SMILES string of the molecule is Cc1cc(C)c(-n2c(C)cc(/C=C3/SC(=Nc4ccc(F)cc4)NC3=O)c2C)c(C)c1. The van der Waals surface area contributed by atoms with Crippen LogP contribution in [0.2, 0.25) is 0 Å². The Morgan fingerprint density at radius 3 is 2.29 bits per heavy atom. The van der Waals surface area contributed by atoms with Gasteiger partial charge in [0.25, 0.3) is 5.91 Å². The summed E-state index contributed by atoms with van der Waals surface area (Å²) in [4.78, 5) is 17.5. The van der Waals surface area contributed by atoms with E-state index in [1.54, 1.807) is 12.1 Å². The number of amides is 1. The Labute approximate surface area is 185 Å². The number of aromatic nitrogens is 1. The third kappa shape index (κ3) is 4.21. The molecule has 1 amide bonds. The number of nitrogens with one attached hydrogen (secondary N) is 1. The second-order valence-corrected chi connectivity index (χ2v) is 8.90. The summed E-state index contributed by atoms with van der Waals surface area (Å²) in [5.74, 6) is -0.500. The molecule has 0 unspecified atom stereocenters. The molecule has 0 atom stereocenters. The third-order valence-corrected chi connectivity index (χ3v) is 6.23. The van der Waals surface area contributed by atoms with Gasteiger partial charge in [0, 0.05) is 11.4 Å². The van der Waals surface area contributed by atoms with E-state index in [0.717, 1.165) is 17.0 Å². The van der Waals surface area contributed by atoms with Crippen molar-refractivity contribution in [2.75, 3.05) is 0 Å². The Morgan fingerprint density at radius 1 is 1.00 bits per heavy atom. The summed E-state index contributed by atoms with van der Waals surface area (Å²) >= 11 is 1.29. The van der Waals surface area contributed by atoms with Crippen molar-refractivity contribution in [2.24, 2.45) is 4.99 Å². The normalized spacial score (nSPS) is 16.4. The number of thioether (sulfide) groups is 1. The van der Waals surface area contributed by atoms with Gasteiger partial charge < -0.3 is 9.88 Å². The molecule has 31 heavy (non-hydrogen) atoms. The third-order valence-electron chi connectivity index (χ3n) is 5.32. The van der Waals surface area contributed by atoms with E-state index in [-0.39, 0.29) is 11.7 Å². The zero-order chi connectivity index (χ0) is 22.3. The number of hydrogen-bond acceptors (Lipinski definition) is 3. The number of aliphatic imine (C=N–C) groups is 1. The maximum Gasteiger partial charge on any atom is 0.264 e. The maximum absolute atomic E-state index is 13.1. The van der Waals surface area contributed by atoms with Crippen LogP contribution in [0.4, 0.5) is 10.1 Å². The number of aryl methyl sites for hydroxylation is 4. The Kier molecular flexibility index (Phi) is 5.58. The Morgan fingerprint density at radius 2 is 1.65 bits per heavy atom. The summed E-state index contributed by atoms with van der Waals surface area (Å²) in [6.45, 7) is 10.5.